The van der Waals surface area contributed by atoms with E-state index in [1.54, 1.807) is 4.90 Å². The Hall–Kier alpha value is -3.50. The van der Waals surface area contributed by atoms with Gasteiger partial charge in [-0.15, -0.1) is 0 Å². The molecule has 1 amide bonds. The van der Waals surface area contributed by atoms with Gasteiger partial charge in [0.05, 0.1) is 22.9 Å². The second-order valence-electron chi connectivity index (χ2n) is 7.43. The van der Waals surface area contributed by atoms with E-state index in [1.165, 1.54) is 12.1 Å². The molecule has 1 aromatic heterocycles. The highest BCUT2D eigenvalue weighted by molar-refractivity contribution is 5.87. The molecule has 2 aromatic carbocycles. The van der Waals surface area contributed by atoms with Gasteiger partial charge in [-0.05, 0) is 48.7 Å². The van der Waals surface area contributed by atoms with E-state index in [9.17, 15) is 31.5 Å². The van der Waals surface area contributed by atoms with Crippen molar-refractivity contribution >= 4 is 22.8 Å². The summed E-state index contributed by atoms with van der Waals surface area (Å²) in [6.45, 7) is 1.19. The lowest BCUT2D eigenvalue weighted by Gasteiger charge is -2.22. The summed E-state index contributed by atoms with van der Waals surface area (Å²) in [4.78, 5) is 31.7. The number of hydrogen-bond acceptors (Lipinski definition) is 4. The van der Waals surface area contributed by atoms with Crippen molar-refractivity contribution in [1.29, 1.82) is 0 Å². The standard InChI is InChI=1S/C21H17F5N4O2/c22-13-4-6-17-14(11-13)19(32)30(20(27-17)29-7-1-2-8-29)28-18(31)10-12-3-5-15(16(23)9-12)21(24,25)26/h3-6,9,11H,1-2,7-8,10H2,(H,28,31). The first-order chi connectivity index (χ1) is 15.1. The highest BCUT2D eigenvalue weighted by Crippen LogP contribution is 2.31. The predicted octanol–water partition coefficient (Wildman–Crippen LogP) is 3.61. The van der Waals surface area contributed by atoms with Crippen molar-refractivity contribution in [2.45, 2.75) is 25.4 Å². The number of halogens is 5. The second kappa shape index (κ2) is 8.21. The number of amides is 1. The van der Waals surface area contributed by atoms with Crippen LogP contribution in [0.25, 0.3) is 10.9 Å². The predicted molar refractivity (Wildman–Crippen MR) is 107 cm³/mol. The van der Waals surface area contributed by atoms with Gasteiger partial charge in [0.1, 0.15) is 11.6 Å². The van der Waals surface area contributed by atoms with E-state index in [1.807, 2.05) is 0 Å². The Morgan fingerprint density at radius 1 is 1.06 bits per heavy atom. The van der Waals surface area contributed by atoms with Gasteiger partial charge in [0.25, 0.3) is 5.56 Å². The van der Waals surface area contributed by atoms with Gasteiger partial charge in [-0.3, -0.25) is 15.0 Å². The number of nitrogens with one attached hydrogen (secondary N) is 1. The molecule has 1 aliphatic rings. The molecule has 0 saturated carbocycles. The lowest BCUT2D eigenvalue weighted by molar-refractivity contribution is -0.140. The van der Waals surface area contributed by atoms with E-state index in [2.05, 4.69) is 10.4 Å². The first-order valence-corrected chi connectivity index (χ1v) is 9.76. The highest BCUT2D eigenvalue weighted by Gasteiger charge is 2.34. The molecule has 2 heterocycles. The molecule has 1 fully saturated rings. The van der Waals surface area contributed by atoms with Gasteiger partial charge in [-0.1, -0.05) is 6.07 Å². The van der Waals surface area contributed by atoms with Gasteiger partial charge in [0, 0.05) is 13.1 Å². The molecule has 168 valence electrons. The van der Waals surface area contributed by atoms with Crippen molar-refractivity contribution in [3.63, 3.8) is 0 Å². The molecule has 32 heavy (non-hydrogen) atoms. The molecule has 0 bridgehead atoms. The molecule has 0 unspecified atom stereocenters. The van der Waals surface area contributed by atoms with Gasteiger partial charge in [0.15, 0.2) is 0 Å². The van der Waals surface area contributed by atoms with Crippen molar-refractivity contribution in [2.75, 3.05) is 23.4 Å². The van der Waals surface area contributed by atoms with Crippen LogP contribution < -0.4 is 15.9 Å². The van der Waals surface area contributed by atoms with Crippen molar-refractivity contribution in [3.05, 3.63) is 69.5 Å². The van der Waals surface area contributed by atoms with E-state index in [4.69, 9.17) is 0 Å². The molecule has 11 heteroatoms. The van der Waals surface area contributed by atoms with Crippen molar-refractivity contribution in [2.24, 2.45) is 0 Å². The Morgan fingerprint density at radius 3 is 2.44 bits per heavy atom. The van der Waals surface area contributed by atoms with E-state index < -0.39 is 41.3 Å². The lowest BCUT2D eigenvalue weighted by Crippen LogP contribution is -2.39. The fourth-order valence-corrected chi connectivity index (χ4v) is 3.62. The van der Waals surface area contributed by atoms with Crippen LogP contribution >= 0.6 is 0 Å². The van der Waals surface area contributed by atoms with Crippen LogP contribution in [-0.2, 0) is 17.4 Å². The number of aromatic nitrogens is 2. The van der Waals surface area contributed by atoms with Gasteiger partial charge < -0.3 is 4.90 Å². The molecule has 0 radical (unpaired) electrons. The van der Waals surface area contributed by atoms with E-state index >= 15 is 0 Å². The summed E-state index contributed by atoms with van der Waals surface area (Å²) >= 11 is 0. The molecule has 6 nitrogen and oxygen atoms in total. The van der Waals surface area contributed by atoms with Crippen LogP contribution in [0.4, 0.5) is 27.9 Å². The minimum atomic E-state index is -4.85. The number of anilines is 1. The largest absolute Gasteiger partial charge is 0.419 e. The summed E-state index contributed by atoms with van der Waals surface area (Å²) < 4.78 is 66.6. The zero-order valence-electron chi connectivity index (χ0n) is 16.5. The summed E-state index contributed by atoms with van der Waals surface area (Å²) in [5, 5.41) is -0.0474. The quantitative estimate of drug-likeness (QED) is 0.615. The Labute approximate surface area is 178 Å². The van der Waals surface area contributed by atoms with Gasteiger partial charge in [0.2, 0.25) is 11.9 Å². The highest BCUT2D eigenvalue weighted by atomic mass is 19.4. The molecule has 1 aliphatic heterocycles. The molecular weight excluding hydrogens is 435 g/mol. The molecule has 3 aromatic rings. The Bertz CT molecular complexity index is 1250. The third-order valence-electron chi connectivity index (χ3n) is 5.14. The van der Waals surface area contributed by atoms with Crippen molar-refractivity contribution in [3.8, 4) is 0 Å². The number of fused-ring (bicyclic) bond motifs is 1. The monoisotopic (exact) mass is 452 g/mol. The van der Waals surface area contributed by atoms with Crippen LogP contribution in [0.5, 0.6) is 0 Å². The SMILES string of the molecule is O=C(Cc1ccc(C(F)(F)F)c(F)c1)Nn1c(N2CCCC2)nc2ccc(F)cc2c1=O. The minimum Gasteiger partial charge on any atom is -0.341 e. The zero-order valence-corrected chi connectivity index (χ0v) is 16.5. The van der Waals surface area contributed by atoms with Crippen LogP contribution in [0, 0.1) is 11.6 Å². The minimum absolute atomic E-state index is 0.0106. The first kappa shape index (κ1) is 21.7. The number of carbonyl (C=O) groups is 1. The fourth-order valence-electron chi connectivity index (χ4n) is 3.62. The molecule has 0 atom stereocenters. The summed E-state index contributed by atoms with van der Waals surface area (Å²) in [5.41, 5.74) is 0.481. The lowest BCUT2D eigenvalue weighted by atomic mass is 10.1. The molecule has 0 spiro atoms. The number of carbonyl (C=O) groups excluding carboxylic acids is 1. The third kappa shape index (κ3) is 4.27. The summed E-state index contributed by atoms with van der Waals surface area (Å²) in [5.74, 6) is -2.76. The van der Waals surface area contributed by atoms with Gasteiger partial charge >= 0.3 is 6.18 Å². The summed E-state index contributed by atoms with van der Waals surface area (Å²) in [6, 6.07) is 5.71. The van der Waals surface area contributed by atoms with Crippen LogP contribution in [0.3, 0.4) is 0 Å². The molecule has 0 aliphatic carbocycles. The van der Waals surface area contributed by atoms with E-state index in [0.717, 1.165) is 29.7 Å². The van der Waals surface area contributed by atoms with Crippen molar-refractivity contribution < 1.29 is 26.7 Å². The topological polar surface area (TPSA) is 67.2 Å². The Kier molecular flexibility index (Phi) is 5.57. The first-order valence-electron chi connectivity index (χ1n) is 9.76. The number of benzene rings is 2. The van der Waals surface area contributed by atoms with Crippen LogP contribution in [0.15, 0.2) is 41.2 Å². The van der Waals surface area contributed by atoms with Crippen molar-refractivity contribution in [1.82, 2.24) is 9.66 Å². The molecule has 1 N–H and O–H groups in total. The molecule has 4 rings (SSSR count). The average Bonchev–Trinajstić information content (AvgIpc) is 3.24. The maximum absolute atomic E-state index is 13.8. The maximum atomic E-state index is 13.8. The Balaban J connectivity index is 1.66. The van der Waals surface area contributed by atoms with Gasteiger partial charge in [-0.25, -0.2) is 13.8 Å². The summed E-state index contributed by atoms with van der Waals surface area (Å²) in [7, 11) is 0. The number of alkyl halides is 3. The average molecular weight is 452 g/mol. The number of hydrogen-bond donors (Lipinski definition) is 1. The number of rotatable bonds is 4. The fraction of sp³-hybridized carbons (Fsp3) is 0.286. The zero-order chi connectivity index (χ0) is 23.0. The van der Waals surface area contributed by atoms with Gasteiger partial charge in [-0.2, -0.15) is 17.8 Å². The molecular formula is C21H17F5N4O2. The van der Waals surface area contributed by atoms with Crippen LogP contribution in [-0.4, -0.2) is 28.7 Å². The second-order valence-corrected chi connectivity index (χ2v) is 7.43. The Morgan fingerprint density at radius 2 is 1.78 bits per heavy atom. The molecule has 1 saturated heterocycles. The third-order valence-corrected chi connectivity index (χ3v) is 5.14. The van der Waals surface area contributed by atoms with Crippen LogP contribution in [0.2, 0.25) is 0 Å². The normalized spacial score (nSPS) is 14.2. The summed E-state index contributed by atoms with van der Waals surface area (Å²) in [6.07, 6.45) is -3.62. The van der Waals surface area contributed by atoms with Crippen LogP contribution in [0.1, 0.15) is 24.0 Å². The van der Waals surface area contributed by atoms with E-state index in [-0.39, 0.29) is 22.4 Å². The smallest absolute Gasteiger partial charge is 0.341 e. The van der Waals surface area contributed by atoms with E-state index in [0.29, 0.717) is 25.2 Å². The maximum Gasteiger partial charge on any atom is 0.419 e. The number of nitrogens with zero attached hydrogens (tertiary/aromatic N) is 3.